The molecule has 1 aliphatic rings. The van der Waals surface area contributed by atoms with Crippen LogP contribution in [0.25, 0.3) is 0 Å². The molecule has 20 heavy (non-hydrogen) atoms. The minimum absolute atomic E-state index is 0.00626. The van der Waals surface area contributed by atoms with Gasteiger partial charge in [-0.1, -0.05) is 18.2 Å². The fourth-order valence-electron chi connectivity index (χ4n) is 2.77. The van der Waals surface area contributed by atoms with Gasteiger partial charge in [-0.25, -0.2) is 9.89 Å². The van der Waals surface area contributed by atoms with Gasteiger partial charge in [-0.2, -0.15) is 0 Å². The van der Waals surface area contributed by atoms with Gasteiger partial charge < -0.3 is 10.8 Å². The number of carboxylic acids is 1. The van der Waals surface area contributed by atoms with Gasteiger partial charge in [-0.3, -0.25) is 9.36 Å². The van der Waals surface area contributed by atoms with Crippen LogP contribution in [0.1, 0.15) is 32.6 Å². The third-order valence-electron chi connectivity index (χ3n) is 4.01. The first-order valence-electron chi connectivity index (χ1n) is 6.79. The molecular weight excluding hydrogens is 280 g/mol. The molecule has 0 bridgehead atoms. The number of rotatable bonds is 6. The maximum Gasteiger partial charge on any atom is 0.343 e. The fourth-order valence-corrected chi connectivity index (χ4v) is 3.83. The molecule has 1 aromatic heterocycles. The van der Waals surface area contributed by atoms with Crippen LogP contribution >= 0.6 is 11.8 Å². The Morgan fingerprint density at radius 2 is 2.45 bits per heavy atom. The van der Waals surface area contributed by atoms with Gasteiger partial charge in [-0.05, 0) is 32.1 Å². The number of carboxylic acid groups (broad SMARTS) is 1. The summed E-state index contributed by atoms with van der Waals surface area (Å²) < 4.78 is 1.56. The lowest BCUT2D eigenvalue weighted by molar-refractivity contribution is -0.144. The van der Waals surface area contributed by atoms with Gasteiger partial charge in [0.1, 0.15) is 5.54 Å². The van der Waals surface area contributed by atoms with Crippen molar-refractivity contribution < 1.29 is 9.90 Å². The van der Waals surface area contributed by atoms with E-state index < -0.39 is 11.5 Å². The number of hydrogen-bond donors (Lipinski definition) is 3. The standard InChI is InChI=1S/C12H20N4O3S/c1-2-16-10(19)14-15-11(16)20-7-5-8-4-3-6-12(8,13)9(17)18/h8H,2-7,13H2,1H3,(H,14,19)(H,17,18). The first kappa shape index (κ1) is 15.1. The highest BCUT2D eigenvalue weighted by molar-refractivity contribution is 7.99. The van der Waals surface area contributed by atoms with E-state index in [4.69, 9.17) is 5.73 Å². The van der Waals surface area contributed by atoms with Crippen LogP contribution in [0.15, 0.2) is 9.95 Å². The Morgan fingerprint density at radius 1 is 1.70 bits per heavy atom. The van der Waals surface area contributed by atoms with Crippen molar-refractivity contribution in [3.05, 3.63) is 10.5 Å². The Labute approximate surface area is 120 Å². The monoisotopic (exact) mass is 300 g/mol. The highest BCUT2D eigenvalue weighted by atomic mass is 32.2. The molecule has 8 heteroatoms. The molecule has 4 N–H and O–H groups in total. The number of nitrogens with two attached hydrogens (primary N) is 1. The average Bonchev–Trinajstić information content (AvgIpc) is 2.95. The molecule has 2 unspecified atom stereocenters. The van der Waals surface area contributed by atoms with Gasteiger partial charge in [0.15, 0.2) is 5.16 Å². The smallest absolute Gasteiger partial charge is 0.343 e. The summed E-state index contributed by atoms with van der Waals surface area (Å²) in [6, 6.07) is 0. The van der Waals surface area contributed by atoms with E-state index in [2.05, 4.69) is 10.2 Å². The molecule has 1 fully saturated rings. The van der Waals surface area contributed by atoms with Crippen molar-refractivity contribution in [1.82, 2.24) is 14.8 Å². The van der Waals surface area contributed by atoms with Crippen molar-refractivity contribution in [2.45, 2.75) is 49.8 Å². The van der Waals surface area contributed by atoms with Gasteiger partial charge in [0.2, 0.25) is 0 Å². The van der Waals surface area contributed by atoms with Crippen LogP contribution in [0, 0.1) is 5.92 Å². The number of H-pyrrole nitrogens is 1. The van der Waals surface area contributed by atoms with Crippen LogP contribution in [0.3, 0.4) is 0 Å². The van der Waals surface area contributed by atoms with E-state index in [0.29, 0.717) is 23.9 Å². The van der Waals surface area contributed by atoms with E-state index in [0.717, 1.165) is 19.3 Å². The number of nitrogens with one attached hydrogen (secondary N) is 1. The normalized spacial score (nSPS) is 26.0. The quantitative estimate of drug-likeness (QED) is 0.665. The highest BCUT2D eigenvalue weighted by Gasteiger charge is 2.45. The second-order valence-corrected chi connectivity index (χ2v) is 6.19. The Balaban J connectivity index is 1.93. The number of aromatic nitrogens is 3. The molecule has 112 valence electrons. The Kier molecular flexibility index (Phi) is 4.54. The molecule has 1 heterocycles. The van der Waals surface area contributed by atoms with Crippen molar-refractivity contribution in [3.8, 4) is 0 Å². The summed E-state index contributed by atoms with van der Waals surface area (Å²) in [5.74, 6) is -0.204. The molecule has 1 saturated carbocycles. The fraction of sp³-hybridized carbons (Fsp3) is 0.750. The van der Waals surface area contributed by atoms with Crippen LogP contribution in [-0.2, 0) is 11.3 Å². The topological polar surface area (TPSA) is 114 Å². The zero-order valence-corrected chi connectivity index (χ0v) is 12.3. The van der Waals surface area contributed by atoms with E-state index in [-0.39, 0.29) is 11.6 Å². The number of carbonyl (C=O) groups is 1. The number of hydrogen-bond acceptors (Lipinski definition) is 5. The summed E-state index contributed by atoms with van der Waals surface area (Å²) in [6.45, 7) is 2.45. The van der Waals surface area contributed by atoms with E-state index in [1.54, 1.807) is 4.57 Å². The summed E-state index contributed by atoms with van der Waals surface area (Å²) in [7, 11) is 0. The first-order valence-corrected chi connectivity index (χ1v) is 7.78. The SMILES string of the molecule is CCn1c(SCCC2CCCC2(N)C(=O)O)n[nH]c1=O. The van der Waals surface area contributed by atoms with Crippen LogP contribution in [0.5, 0.6) is 0 Å². The minimum Gasteiger partial charge on any atom is -0.480 e. The average molecular weight is 300 g/mol. The van der Waals surface area contributed by atoms with Crippen molar-refractivity contribution in [2.75, 3.05) is 5.75 Å². The summed E-state index contributed by atoms with van der Waals surface area (Å²) >= 11 is 1.46. The van der Waals surface area contributed by atoms with Crippen molar-refractivity contribution in [3.63, 3.8) is 0 Å². The maximum absolute atomic E-state index is 11.4. The number of thioether (sulfide) groups is 1. The zero-order valence-electron chi connectivity index (χ0n) is 11.5. The molecule has 0 saturated heterocycles. The predicted molar refractivity (Wildman–Crippen MR) is 75.8 cm³/mol. The second kappa shape index (κ2) is 6.01. The van der Waals surface area contributed by atoms with Gasteiger partial charge in [-0.15, -0.1) is 5.10 Å². The van der Waals surface area contributed by atoms with Crippen LogP contribution in [-0.4, -0.2) is 37.1 Å². The first-order chi connectivity index (χ1) is 9.49. The molecule has 0 spiro atoms. The Morgan fingerprint density at radius 3 is 3.10 bits per heavy atom. The number of nitrogens with zero attached hydrogens (tertiary/aromatic N) is 2. The van der Waals surface area contributed by atoms with E-state index in [1.165, 1.54) is 11.8 Å². The molecule has 1 aliphatic carbocycles. The summed E-state index contributed by atoms with van der Waals surface area (Å²) in [5.41, 5.74) is 4.70. The Bertz CT molecular complexity index is 541. The third-order valence-corrected chi connectivity index (χ3v) is 5.02. The molecule has 0 aliphatic heterocycles. The summed E-state index contributed by atoms with van der Waals surface area (Å²) in [6.07, 6.45) is 2.97. The van der Waals surface area contributed by atoms with E-state index in [1.807, 2.05) is 6.92 Å². The maximum atomic E-state index is 11.4. The lowest BCUT2D eigenvalue weighted by atomic mass is 9.86. The van der Waals surface area contributed by atoms with E-state index in [9.17, 15) is 14.7 Å². The van der Waals surface area contributed by atoms with Crippen molar-refractivity contribution >= 4 is 17.7 Å². The minimum atomic E-state index is -1.09. The molecule has 0 aromatic carbocycles. The van der Waals surface area contributed by atoms with Crippen molar-refractivity contribution in [2.24, 2.45) is 11.7 Å². The third kappa shape index (κ3) is 2.76. The summed E-state index contributed by atoms with van der Waals surface area (Å²) in [5, 5.41) is 16.3. The predicted octanol–water partition coefficient (Wildman–Crippen LogP) is 0.656. The van der Waals surface area contributed by atoms with Crippen LogP contribution in [0.2, 0.25) is 0 Å². The molecule has 2 rings (SSSR count). The van der Waals surface area contributed by atoms with Gasteiger partial charge in [0.05, 0.1) is 0 Å². The van der Waals surface area contributed by atoms with Gasteiger partial charge in [0, 0.05) is 12.3 Å². The zero-order chi connectivity index (χ0) is 14.8. The molecule has 0 radical (unpaired) electrons. The van der Waals surface area contributed by atoms with E-state index >= 15 is 0 Å². The van der Waals surface area contributed by atoms with Gasteiger partial charge >= 0.3 is 11.7 Å². The lowest BCUT2D eigenvalue weighted by Crippen LogP contribution is -2.51. The molecule has 1 aromatic rings. The van der Waals surface area contributed by atoms with Crippen molar-refractivity contribution in [1.29, 1.82) is 0 Å². The largest absolute Gasteiger partial charge is 0.480 e. The van der Waals surface area contributed by atoms with Crippen LogP contribution in [0.4, 0.5) is 0 Å². The molecule has 2 atom stereocenters. The lowest BCUT2D eigenvalue weighted by Gasteiger charge is -2.26. The number of aliphatic carboxylic acids is 1. The van der Waals surface area contributed by atoms with Gasteiger partial charge in [0.25, 0.3) is 0 Å². The molecule has 7 nitrogen and oxygen atoms in total. The van der Waals surface area contributed by atoms with Crippen LogP contribution < -0.4 is 11.4 Å². The highest BCUT2D eigenvalue weighted by Crippen LogP contribution is 2.37. The summed E-state index contributed by atoms with van der Waals surface area (Å²) in [4.78, 5) is 22.7. The number of aromatic amines is 1. The molecule has 0 amide bonds. The Hall–Kier alpha value is -1.28. The molecular formula is C12H20N4O3S. The second-order valence-electron chi connectivity index (χ2n) is 5.13.